The Balaban J connectivity index is 1.53. The summed E-state index contributed by atoms with van der Waals surface area (Å²) in [7, 11) is 0. The number of ether oxygens (including phenoxy) is 1. The molecule has 1 aromatic carbocycles. The van der Waals surface area contributed by atoms with Crippen LogP contribution in [0.1, 0.15) is 30.4 Å². The molecule has 3 fully saturated rings. The lowest BCUT2D eigenvalue weighted by Crippen LogP contribution is -2.67. The second-order valence-corrected chi connectivity index (χ2v) is 10.8. The maximum Gasteiger partial charge on any atom is 0.255 e. The first-order valence-corrected chi connectivity index (χ1v) is 13.0. The van der Waals surface area contributed by atoms with E-state index in [1.54, 1.807) is 15.9 Å². The van der Waals surface area contributed by atoms with E-state index in [1.807, 2.05) is 0 Å². The third kappa shape index (κ3) is 3.48. The van der Waals surface area contributed by atoms with Crippen LogP contribution in [-0.4, -0.2) is 93.2 Å². The summed E-state index contributed by atoms with van der Waals surface area (Å²) < 4.78 is 5.39. The molecule has 206 valence electrons. The Morgan fingerprint density at radius 2 is 1.79 bits per heavy atom. The number of nitrogens with two attached hydrogens (primary N) is 1. The SMILES string of the molecule is NC(=O)C1=C(O)[C@@]2(O)C(=O)C3=C(O)c4c(O)ccc(N5CCCC5=O)c4C[C@H]3C[C@H]2[C@@H](N2CCOCC2)C1=O. The molecule has 12 heteroatoms. The van der Waals surface area contributed by atoms with Crippen LogP contribution >= 0.6 is 0 Å². The van der Waals surface area contributed by atoms with Crippen molar-refractivity contribution in [1.29, 1.82) is 0 Å². The van der Waals surface area contributed by atoms with Gasteiger partial charge in [-0.25, -0.2) is 0 Å². The molecule has 2 amide bonds. The zero-order chi connectivity index (χ0) is 27.8. The normalized spacial score (nSPS) is 31.4. The number of Topliss-reactive ketones (excluding diaryl/α,β-unsaturated/α-hetero) is 2. The number of ketones is 2. The molecule has 5 aliphatic rings. The van der Waals surface area contributed by atoms with Crippen molar-refractivity contribution in [3.63, 3.8) is 0 Å². The van der Waals surface area contributed by atoms with Crippen LogP contribution in [0.5, 0.6) is 5.75 Å². The highest BCUT2D eigenvalue weighted by atomic mass is 16.5. The highest BCUT2D eigenvalue weighted by Gasteiger charge is 2.64. The van der Waals surface area contributed by atoms with Crippen LogP contribution in [-0.2, 0) is 30.3 Å². The van der Waals surface area contributed by atoms with Crippen molar-refractivity contribution in [2.75, 3.05) is 37.7 Å². The van der Waals surface area contributed by atoms with Crippen molar-refractivity contribution in [1.82, 2.24) is 4.90 Å². The van der Waals surface area contributed by atoms with E-state index in [-0.39, 0.29) is 35.6 Å². The average molecular weight is 540 g/mol. The maximum absolute atomic E-state index is 14.0. The highest BCUT2D eigenvalue weighted by molar-refractivity contribution is 6.24. The minimum absolute atomic E-state index is 0.00597. The van der Waals surface area contributed by atoms with Crippen molar-refractivity contribution in [2.24, 2.45) is 17.6 Å². The van der Waals surface area contributed by atoms with Crippen LogP contribution in [0.3, 0.4) is 0 Å². The lowest BCUT2D eigenvalue weighted by Gasteiger charge is -2.51. The fraction of sp³-hybridized carbons (Fsp3) is 0.481. The number of carbonyl (C=O) groups is 4. The number of carbonyl (C=O) groups excluding carboxylic acids is 4. The van der Waals surface area contributed by atoms with Gasteiger partial charge in [-0.05, 0) is 42.9 Å². The van der Waals surface area contributed by atoms with Crippen molar-refractivity contribution in [3.8, 4) is 5.75 Å². The number of amides is 2. The van der Waals surface area contributed by atoms with Crippen LogP contribution in [0.15, 0.2) is 29.0 Å². The molecule has 1 saturated carbocycles. The number of aliphatic hydroxyl groups is 3. The monoisotopic (exact) mass is 539 g/mol. The molecule has 2 saturated heterocycles. The van der Waals surface area contributed by atoms with Crippen LogP contribution in [0.25, 0.3) is 5.76 Å². The van der Waals surface area contributed by atoms with Gasteiger partial charge in [-0.15, -0.1) is 0 Å². The Hall–Kier alpha value is -3.74. The van der Waals surface area contributed by atoms with Gasteiger partial charge in [0.1, 0.15) is 22.8 Å². The van der Waals surface area contributed by atoms with Crippen LogP contribution in [0.4, 0.5) is 5.69 Å². The summed E-state index contributed by atoms with van der Waals surface area (Å²) in [6.45, 7) is 1.64. The molecular weight excluding hydrogens is 510 g/mol. The van der Waals surface area contributed by atoms with Gasteiger partial charge in [0.15, 0.2) is 11.4 Å². The summed E-state index contributed by atoms with van der Waals surface area (Å²) in [6, 6.07) is 1.79. The van der Waals surface area contributed by atoms with Crippen molar-refractivity contribution < 1.29 is 44.3 Å². The van der Waals surface area contributed by atoms with E-state index >= 15 is 0 Å². The molecule has 1 aromatic rings. The van der Waals surface area contributed by atoms with E-state index in [2.05, 4.69) is 0 Å². The molecule has 0 radical (unpaired) electrons. The first kappa shape index (κ1) is 25.5. The fourth-order valence-electron chi connectivity index (χ4n) is 7.06. The largest absolute Gasteiger partial charge is 0.508 e. The topological polar surface area (TPSA) is 191 Å². The molecule has 2 aliphatic heterocycles. The molecule has 0 spiro atoms. The van der Waals surface area contributed by atoms with Gasteiger partial charge in [0.25, 0.3) is 5.91 Å². The third-order valence-electron chi connectivity index (χ3n) is 8.83. The number of nitrogens with zero attached hydrogens (tertiary/aromatic N) is 2. The first-order valence-electron chi connectivity index (χ1n) is 13.0. The third-order valence-corrected chi connectivity index (χ3v) is 8.83. The molecular formula is C27H29N3O9. The lowest BCUT2D eigenvalue weighted by molar-refractivity contribution is -0.157. The van der Waals surface area contributed by atoms with Crippen LogP contribution in [0.2, 0.25) is 0 Å². The Labute approximate surface area is 222 Å². The minimum atomic E-state index is -2.70. The standard InChI is InChI=1S/C27H29N3O9/c28-26(37)20-23(34)21(29-6-8-39-9-7-29)14-11-12-10-13-15(30-5-1-2-17(30)32)3-4-16(31)19(13)22(33)18(12)24(35)27(14,38)25(20)36/h3-4,12,14,21,31,33,36,38H,1-2,5-11H2,(H2,28,37)/t12-,14-,21+,27-/m0/s1. The number of phenolic OH excluding ortho intramolecular Hbond substituents is 1. The van der Waals surface area contributed by atoms with Gasteiger partial charge in [0.2, 0.25) is 11.7 Å². The summed E-state index contributed by atoms with van der Waals surface area (Å²) in [5.41, 5.74) is 2.65. The number of aliphatic hydroxyl groups excluding tert-OH is 2. The number of hydrogen-bond acceptors (Lipinski definition) is 10. The van der Waals surface area contributed by atoms with Gasteiger partial charge in [-0.2, -0.15) is 0 Å². The Kier molecular flexibility index (Phi) is 5.83. The molecule has 12 nitrogen and oxygen atoms in total. The number of primary amides is 1. The molecule has 3 aliphatic carbocycles. The Morgan fingerprint density at radius 3 is 2.44 bits per heavy atom. The number of aromatic hydroxyl groups is 1. The number of hydrogen-bond donors (Lipinski definition) is 5. The van der Waals surface area contributed by atoms with Crippen LogP contribution < -0.4 is 10.6 Å². The number of morpholine rings is 1. The molecule has 6 N–H and O–H groups in total. The quantitative estimate of drug-likeness (QED) is 0.323. The molecule has 0 aromatic heterocycles. The van der Waals surface area contributed by atoms with Gasteiger partial charge >= 0.3 is 0 Å². The summed E-state index contributed by atoms with van der Waals surface area (Å²) in [5, 5.41) is 45.0. The number of fused-ring (bicyclic) bond motifs is 3. The highest BCUT2D eigenvalue weighted by Crippen LogP contribution is 2.54. The Bertz CT molecular complexity index is 1390. The van der Waals surface area contributed by atoms with Gasteiger partial charge in [-0.3, -0.25) is 24.1 Å². The number of benzene rings is 1. The predicted octanol–water partition coefficient (Wildman–Crippen LogP) is -0.139. The van der Waals surface area contributed by atoms with Gasteiger partial charge < -0.3 is 35.8 Å². The van der Waals surface area contributed by atoms with E-state index in [4.69, 9.17) is 10.5 Å². The van der Waals surface area contributed by atoms with Gasteiger partial charge in [0.05, 0.1) is 24.8 Å². The average Bonchev–Trinajstić information content (AvgIpc) is 3.32. The van der Waals surface area contributed by atoms with Crippen molar-refractivity contribution in [2.45, 2.75) is 37.3 Å². The number of anilines is 1. The van der Waals surface area contributed by atoms with E-state index in [0.29, 0.717) is 56.9 Å². The smallest absolute Gasteiger partial charge is 0.255 e. The van der Waals surface area contributed by atoms with Crippen LogP contribution in [0, 0.1) is 11.8 Å². The first-order chi connectivity index (χ1) is 18.6. The number of rotatable bonds is 3. The molecule has 0 unspecified atom stereocenters. The van der Waals surface area contributed by atoms with Crippen molar-refractivity contribution in [3.05, 3.63) is 40.2 Å². The molecule has 39 heavy (non-hydrogen) atoms. The maximum atomic E-state index is 14.0. The molecule has 4 atom stereocenters. The zero-order valence-electron chi connectivity index (χ0n) is 21.1. The summed E-state index contributed by atoms with van der Waals surface area (Å²) in [5.74, 6) is -7.07. The summed E-state index contributed by atoms with van der Waals surface area (Å²) >= 11 is 0. The molecule has 0 bridgehead atoms. The second-order valence-electron chi connectivity index (χ2n) is 10.8. The van der Waals surface area contributed by atoms with Gasteiger partial charge in [-0.1, -0.05) is 0 Å². The fourth-order valence-corrected chi connectivity index (χ4v) is 7.06. The Morgan fingerprint density at radius 1 is 1.08 bits per heavy atom. The predicted molar refractivity (Wildman–Crippen MR) is 135 cm³/mol. The number of phenols is 1. The molecule has 2 heterocycles. The van der Waals surface area contributed by atoms with E-state index < -0.39 is 58.0 Å². The summed E-state index contributed by atoms with van der Waals surface area (Å²) in [4.78, 5) is 55.7. The van der Waals surface area contributed by atoms with Crippen molar-refractivity contribution >= 4 is 34.8 Å². The van der Waals surface area contributed by atoms with E-state index in [9.17, 15) is 39.6 Å². The lowest BCUT2D eigenvalue weighted by atomic mass is 9.57. The minimum Gasteiger partial charge on any atom is -0.508 e. The van der Waals surface area contributed by atoms with Gasteiger partial charge in [0, 0.05) is 43.2 Å². The van der Waals surface area contributed by atoms with E-state index in [1.165, 1.54) is 6.07 Å². The summed E-state index contributed by atoms with van der Waals surface area (Å²) in [6.07, 6.45) is 1.17. The molecule has 6 rings (SSSR count). The van der Waals surface area contributed by atoms with E-state index in [0.717, 1.165) is 0 Å². The zero-order valence-corrected chi connectivity index (χ0v) is 21.1. The second kappa shape index (κ2) is 8.90.